The van der Waals surface area contributed by atoms with E-state index >= 15 is 0 Å². The third-order valence-corrected chi connectivity index (χ3v) is 4.53. The van der Waals surface area contributed by atoms with Gasteiger partial charge in [0, 0.05) is 28.5 Å². The molecule has 0 radical (unpaired) electrons. The van der Waals surface area contributed by atoms with Gasteiger partial charge in [0.1, 0.15) is 0 Å². The van der Waals surface area contributed by atoms with Gasteiger partial charge in [0.15, 0.2) is 6.61 Å². The first-order valence-electron chi connectivity index (χ1n) is 7.72. The Morgan fingerprint density at radius 3 is 2.88 bits per heavy atom. The van der Waals surface area contributed by atoms with Gasteiger partial charge in [0.25, 0.3) is 5.91 Å². The number of carbonyl (C=O) groups is 2. The van der Waals surface area contributed by atoms with Crippen molar-refractivity contribution in [1.29, 1.82) is 0 Å². The lowest BCUT2D eigenvalue weighted by Gasteiger charge is -2.06. The second-order valence-corrected chi connectivity index (χ2v) is 6.41. The van der Waals surface area contributed by atoms with E-state index in [9.17, 15) is 9.59 Å². The van der Waals surface area contributed by atoms with Gasteiger partial charge in [-0.25, -0.2) is 0 Å². The minimum atomic E-state index is -0.385. The highest BCUT2D eigenvalue weighted by molar-refractivity contribution is 7.10. The summed E-state index contributed by atoms with van der Waals surface area (Å²) in [5, 5.41) is 5.84. The summed E-state index contributed by atoms with van der Waals surface area (Å²) in [6.07, 6.45) is 2.89. The topological polar surface area (TPSA) is 71.2 Å². The number of aromatic nitrogens is 1. The summed E-state index contributed by atoms with van der Waals surface area (Å²) < 4.78 is 4.98. The standard InChI is InChI=1S/C18H18N2O3S/c21-17(12-23-18(22)10-14-4-3-9-24-14)19-8-7-13-11-20-16-6-2-1-5-15(13)16/h1-6,9,11,20H,7-8,10,12H2,(H,19,21). The molecule has 2 aromatic heterocycles. The van der Waals surface area contributed by atoms with Crippen LogP contribution in [0.5, 0.6) is 0 Å². The van der Waals surface area contributed by atoms with Crippen LogP contribution in [-0.2, 0) is 27.2 Å². The maximum Gasteiger partial charge on any atom is 0.311 e. The van der Waals surface area contributed by atoms with Crippen molar-refractivity contribution in [2.45, 2.75) is 12.8 Å². The second-order valence-electron chi connectivity index (χ2n) is 5.38. The van der Waals surface area contributed by atoms with Crippen LogP contribution >= 0.6 is 11.3 Å². The lowest BCUT2D eigenvalue weighted by atomic mass is 10.1. The molecule has 0 unspecified atom stereocenters. The Morgan fingerprint density at radius 1 is 1.17 bits per heavy atom. The van der Waals surface area contributed by atoms with Gasteiger partial charge in [-0.2, -0.15) is 0 Å². The third-order valence-electron chi connectivity index (χ3n) is 3.65. The Bertz CT molecular complexity index is 824. The van der Waals surface area contributed by atoms with Crippen LogP contribution in [0.25, 0.3) is 10.9 Å². The number of esters is 1. The number of thiophene rings is 1. The molecule has 0 saturated carbocycles. The highest BCUT2D eigenvalue weighted by atomic mass is 32.1. The lowest BCUT2D eigenvalue weighted by molar-refractivity contribution is -0.147. The maximum atomic E-state index is 11.7. The zero-order chi connectivity index (χ0) is 16.8. The molecule has 0 atom stereocenters. The number of aromatic amines is 1. The fourth-order valence-electron chi connectivity index (χ4n) is 2.48. The normalized spacial score (nSPS) is 10.7. The molecule has 1 aromatic carbocycles. The molecule has 0 spiro atoms. The Labute approximate surface area is 143 Å². The molecule has 2 N–H and O–H groups in total. The summed E-state index contributed by atoms with van der Waals surface area (Å²) in [6, 6.07) is 11.8. The molecule has 124 valence electrons. The van der Waals surface area contributed by atoms with Crippen LogP contribution in [0.4, 0.5) is 0 Å². The Kier molecular flexibility index (Phi) is 5.28. The van der Waals surface area contributed by atoms with Crippen molar-refractivity contribution in [3.05, 3.63) is 58.4 Å². The smallest absolute Gasteiger partial charge is 0.311 e. The molecule has 2 heterocycles. The summed E-state index contributed by atoms with van der Waals surface area (Å²) >= 11 is 1.49. The second kappa shape index (κ2) is 7.79. The first-order valence-corrected chi connectivity index (χ1v) is 8.60. The SMILES string of the molecule is O=C(COC(=O)Cc1cccs1)NCCc1c[nH]c2ccccc12. The van der Waals surface area contributed by atoms with Crippen molar-refractivity contribution in [1.82, 2.24) is 10.3 Å². The highest BCUT2D eigenvalue weighted by Crippen LogP contribution is 2.17. The van der Waals surface area contributed by atoms with Gasteiger partial charge in [-0.3, -0.25) is 9.59 Å². The molecule has 24 heavy (non-hydrogen) atoms. The Morgan fingerprint density at radius 2 is 2.04 bits per heavy atom. The van der Waals surface area contributed by atoms with Crippen molar-refractivity contribution >= 4 is 34.1 Å². The molecule has 0 bridgehead atoms. The van der Waals surface area contributed by atoms with Crippen LogP contribution in [0, 0.1) is 0 Å². The molecule has 0 fully saturated rings. The number of para-hydroxylation sites is 1. The van der Waals surface area contributed by atoms with E-state index < -0.39 is 0 Å². The fourth-order valence-corrected chi connectivity index (χ4v) is 3.17. The van der Waals surface area contributed by atoms with Gasteiger partial charge < -0.3 is 15.0 Å². The molecule has 0 saturated heterocycles. The van der Waals surface area contributed by atoms with Crippen LogP contribution in [0.1, 0.15) is 10.4 Å². The Hall–Kier alpha value is -2.60. The van der Waals surface area contributed by atoms with Crippen molar-refractivity contribution < 1.29 is 14.3 Å². The number of amides is 1. The molecule has 1 amide bonds. The maximum absolute atomic E-state index is 11.7. The van der Waals surface area contributed by atoms with Crippen molar-refractivity contribution in [2.24, 2.45) is 0 Å². The van der Waals surface area contributed by atoms with Gasteiger partial charge in [0.2, 0.25) is 0 Å². The van der Waals surface area contributed by atoms with Crippen LogP contribution in [0.2, 0.25) is 0 Å². The first kappa shape index (κ1) is 16.3. The van der Waals surface area contributed by atoms with Crippen LogP contribution in [0.3, 0.4) is 0 Å². The molecule has 3 aromatic rings. The summed E-state index contributed by atoms with van der Waals surface area (Å²) in [5.41, 5.74) is 2.24. The monoisotopic (exact) mass is 342 g/mol. The number of fused-ring (bicyclic) bond motifs is 1. The molecule has 3 rings (SSSR count). The molecular weight excluding hydrogens is 324 g/mol. The number of benzene rings is 1. The zero-order valence-electron chi connectivity index (χ0n) is 13.1. The Balaban J connectivity index is 1.39. The third kappa shape index (κ3) is 4.23. The number of H-pyrrole nitrogens is 1. The van der Waals surface area contributed by atoms with E-state index in [1.807, 2.05) is 41.9 Å². The van der Waals surface area contributed by atoms with E-state index in [0.717, 1.165) is 27.8 Å². The predicted octanol–water partition coefficient (Wildman–Crippen LogP) is 2.67. The lowest BCUT2D eigenvalue weighted by Crippen LogP contribution is -2.30. The minimum absolute atomic E-state index is 0.209. The number of ether oxygens (including phenoxy) is 1. The van der Waals surface area contributed by atoms with Crippen LogP contribution in [0.15, 0.2) is 48.0 Å². The first-order chi connectivity index (χ1) is 11.7. The quantitative estimate of drug-likeness (QED) is 0.649. The molecular formula is C18H18N2O3S. The van der Waals surface area contributed by atoms with Gasteiger partial charge in [-0.05, 0) is 29.5 Å². The number of hydrogen-bond donors (Lipinski definition) is 2. The molecule has 5 nitrogen and oxygen atoms in total. The van der Waals surface area contributed by atoms with Gasteiger partial charge in [-0.15, -0.1) is 11.3 Å². The molecule has 0 aliphatic rings. The summed E-state index contributed by atoms with van der Waals surface area (Å²) in [4.78, 5) is 27.5. The number of carbonyl (C=O) groups excluding carboxylic acids is 2. The van der Waals surface area contributed by atoms with Crippen molar-refractivity contribution in [3.63, 3.8) is 0 Å². The molecule has 0 aliphatic heterocycles. The summed E-state index contributed by atoms with van der Waals surface area (Å²) in [5.74, 6) is -0.668. The van der Waals surface area contributed by atoms with E-state index in [1.165, 1.54) is 11.3 Å². The van der Waals surface area contributed by atoms with E-state index in [4.69, 9.17) is 4.74 Å². The summed E-state index contributed by atoms with van der Waals surface area (Å²) in [7, 11) is 0. The van der Waals surface area contributed by atoms with E-state index in [0.29, 0.717) is 6.54 Å². The van der Waals surface area contributed by atoms with Crippen LogP contribution in [-0.4, -0.2) is 30.0 Å². The van der Waals surface area contributed by atoms with E-state index in [1.54, 1.807) is 0 Å². The number of hydrogen-bond acceptors (Lipinski definition) is 4. The minimum Gasteiger partial charge on any atom is -0.455 e. The number of rotatable bonds is 7. The molecule has 0 aliphatic carbocycles. The van der Waals surface area contributed by atoms with Gasteiger partial charge in [0.05, 0.1) is 6.42 Å². The van der Waals surface area contributed by atoms with Crippen molar-refractivity contribution in [2.75, 3.05) is 13.2 Å². The molecule has 6 heteroatoms. The average Bonchev–Trinajstić information content (AvgIpc) is 3.23. The van der Waals surface area contributed by atoms with Crippen LogP contribution < -0.4 is 5.32 Å². The van der Waals surface area contributed by atoms with Crippen molar-refractivity contribution in [3.8, 4) is 0 Å². The predicted molar refractivity (Wildman–Crippen MR) is 94.0 cm³/mol. The van der Waals surface area contributed by atoms with Gasteiger partial charge in [-0.1, -0.05) is 24.3 Å². The van der Waals surface area contributed by atoms with E-state index in [-0.39, 0.29) is 24.9 Å². The summed E-state index contributed by atoms with van der Waals surface area (Å²) in [6.45, 7) is 0.265. The zero-order valence-corrected chi connectivity index (χ0v) is 13.9. The highest BCUT2D eigenvalue weighted by Gasteiger charge is 2.09. The number of nitrogens with one attached hydrogen (secondary N) is 2. The van der Waals surface area contributed by atoms with E-state index in [2.05, 4.69) is 16.4 Å². The average molecular weight is 342 g/mol. The fraction of sp³-hybridized carbons (Fsp3) is 0.222. The largest absolute Gasteiger partial charge is 0.455 e. The van der Waals surface area contributed by atoms with Gasteiger partial charge >= 0.3 is 5.97 Å².